The Labute approximate surface area is 195 Å². The van der Waals surface area contributed by atoms with E-state index in [0.717, 1.165) is 69.5 Å². The molecule has 0 atom stereocenters. The molecule has 0 unspecified atom stereocenters. The van der Waals surface area contributed by atoms with Crippen molar-refractivity contribution in [2.75, 3.05) is 45.9 Å². The number of aryl methyl sites for hydroxylation is 1. The number of furan rings is 1. The van der Waals surface area contributed by atoms with E-state index in [2.05, 4.69) is 20.5 Å². The maximum absolute atomic E-state index is 13.8. The van der Waals surface area contributed by atoms with E-state index in [1.165, 1.54) is 0 Å². The first kappa shape index (κ1) is 24.6. The van der Waals surface area contributed by atoms with Gasteiger partial charge >= 0.3 is 0 Å². The Balaban J connectivity index is 0.00000320. The number of hydrogen-bond acceptors (Lipinski definition) is 4. The second kappa shape index (κ2) is 13.6. The van der Waals surface area contributed by atoms with Gasteiger partial charge in [0.15, 0.2) is 5.96 Å². The maximum Gasteiger partial charge on any atom is 0.191 e. The monoisotopic (exact) mass is 530 g/mol. The molecule has 1 aromatic carbocycles. The number of nitrogens with one attached hydrogen (secondary N) is 2. The van der Waals surface area contributed by atoms with Gasteiger partial charge < -0.3 is 19.8 Å². The van der Waals surface area contributed by atoms with Gasteiger partial charge in [0.1, 0.15) is 11.6 Å². The molecule has 166 valence electrons. The topological polar surface area (TPSA) is 62.0 Å². The highest BCUT2D eigenvalue weighted by atomic mass is 127. The van der Waals surface area contributed by atoms with Gasteiger partial charge in [0, 0.05) is 32.6 Å². The van der Waals surface area contributed by atoms with E-state index in [0.29, 0.717) is 18.7 Å². The third-order valence-electron chi connectivity index (χ3n) is 4.95. The molecule has 1 aliphatic heterocycles. The van der Waals surface area contributed by atoms with Crippen molar-refractivity contribution in [3.63, 3.8) is 0 Å². The Kier molecular flexibility index (Phi) is 11.2. The van der Waals surface area contributed by atoms with Crippen LogP contribution in [0, 0.1) is 12.7 Å². The number of aliphatic imine (C=N–C) groups is 1. The highest BCUT2D eigenvalue weighted by molar-refractivity contribution is 14.0. The second-order valence-corrected chi connectivity index (χ2v) is 7.24. The van der Waals surface area contributed by atoms with Crippen LogP contribution < -0.4 is 10.6 Å². The van der Waals surface area contributed by atoms with Gasteiger partial charge in [-0.25, -0.2) is 9.38 Å². The van der Waals surface area contributed by atoms with Crippen LogP contribution in [0.1, 0.15) is 23.3 Å². The Morgan fingerprint density at radius 1 is 1.17 bits per heavy atom. The molecule has 2 heterocycles. The minimum absolute atomic E-state index is 0. The zero-order valence-corrected chi connectivity index (χ0v) is 19.9. The number of rotatable bonds is 9. The van der Waals surface area contributed by atoms with Crippen LogP contribution in [0.5, 0.6) is 0 Å². The fourth-order valence-corrected chi connectivity index (χ4v) is 3.17. The lowest BCUT2D eigenvalue weighted by Gasteiger charge is -2.26. The van der Waals surface area contributed by atoms with Gasteiger partial charge in [-0.05, 0) is 49.2 Å². The molecule has 3 rings (SSSR count). The first-order chi connectivity index (χ1) is 14.2. The summed E-state index contributed by atoms with van der Waals surface area (Å²) in [5.41, 5.74) is 1.50. The van der Waals surface area contributed by atoms with Gasteiger partial charge in [-0.2, -0.15) is 0 Å². The fourth-order valence-electron chi connectivity index (χ4n) is 3.17. The largest absolute Gasteiger partial charge is 0.469 e. The molecule has 30 heavy (non-hydrogen) atoms. The highest BCUT2D eigenvalue weighted by Gasteiger charge is 2.09. The number of ether oxygens (including phenoxy) is 1. The SMILES string of the molecule is Cc1ccc(CN=C(NCCCN2CCOCC2)NCCc2ccco2)cc1F.I. The van der Waals surface area contributed by atoms with E-state index in [9.17, 15) is 4.39 Å². The third-order valence-corrected chi connectivity index (χ3v) is 4.95. The average Bonchev–Trinajstić information content (AvgIpc) is 3.25. The molecule has 0 spiro atoms. The predicted octanol–water partition coefficient (Wildman–Crippen LogP) is 3.35. The van der Waals surface area contributed by atoms with Crippen LogP contribution in [0.15, 0.2) is 46.0 Å². The first-order valence-corrected chi connectivity index (χ1v) is 10.3. The van der Waals surface area contributed by atoms with Gasteiger partial charge in [-0.3, -0.25) is 4.90 Å². The van der Waals surface area contributed by atoms with Crippen LogP contribution in [-0.4, -0.2) is 56.8 Å². The van der Waals surface area contributed by atoms with E-state index in [-0.39, 0.29) is 29.8 Å². The first-order valence-electron chi connectivity index (χ1n) is 10.3. The van der Waals surface area contributed by atoms with Crippen LogP contribution in [0.2, 0.25) is 0 Å². The molecule has 1 saturated heterocycles. The summed E-state index contributed by atoms with van der Waals surface area (Å²) in [6.07, 6.45) is 3.48. The molecule has 2 N–H and O–H groups in total. The number of morpholine rings is 1. The zero-order valence-electron chi connectivity index (χ0n) is 17.5. The zero-order chi connectivity index (χ0) is 20.3. The fraction of sp³-hybridized carbons (Fsp3) is 0.500. The quantitative estimate of drug-likeness (QED) is 0.226. The Hall–Kier alpha value is -1.65. The lowest BCUT2D eigenvalue weighted by molar-refractivity contribution is 0.0376. The number of nitrogens with zero attached hydrogens (tertiary/aromatic N) is 2. The number of guanidine groups is 1. The van der Waals surface area contributed by atoms with Crippen molar-refractivity contribution < 1.29 is 13.5 Å². The van der Waals surface area contributed by atoms with Gasteiger partial charge in [0.25, 0.3) is 0 Å². The summed E-state index contributed by atoms with van der Waals surface area (Å²) in [7, 11) is 0. The Morgan fingerprint density at radius 2 is 1.97 bits per heavy atom. The Bertz CT molecular complexity index is 765. The van der Waals surface area contributed by atoms with E-state index in [1.54, 1.807) is 25.3 Å². The minimum Gasteiger partial charge on any atom is -0.469 e. The van der Waals surface area contributed by atoms with Crippen molar-refractivity contribution in [1.82, 2.24) is 15.5 Å². The van der Waals surface area contributed by atoms with Crippen molar-refractivity contribution in [3.05, 3.63) is 59.3 Å². The minimum atomic E-state index is -0.191. The summed E-state index contributed by atoms with van der Waals surface area (Å²) in [6.45, 7) is 8.42. The molecule has 0 aliphatic carbocycles. The summed E-state index contributed by atoms with van der Waals surface area (Å²) < 4.78 is 24.6. The lowest BCUT2D eigenvalue weighted by Crippen LogP contribution is -2.41. The van der Waals surface area contributed by atoms with Crippen molar-refractivity contribution in [2.45, 2.75) is 26.3 Å². The second-order valence-electron chi connectivity index (χ2n) is 7.24. The molecule has 1 aromatic heterocycles. The maximum atomic E-state index is 13.8. The van der Waals surface area contributed by atoms with Gasteiger partial charge in [-0.15, -0.1) is 24.0 Å². The van der Waals surface area contributed by atoms with Crippen molar-refractivity contribution in [1.29, 1.82) is 0 Å². The summed E-state index contributed by atoms with van der Waals surface area (Å²) in [5.74, 6) is 1.48. The Morgan fingerprint density at radius 3 is 2.70 bits per heavy atom. The van der Waals surface area contributed by atoms with E-state index in [4.69, 9.17) is 9.15 Å². The smallest absolute Gasteiger partial charge is 0.191 e. The van der Waals surface area contributed by atoms with E-state index < -0.39 is 0 Å². The van der Waals surface area contributed by atoms with Crippen LogP contribution in [0.3, 0.4) is 0 Å². The molecule has 1 fully saturated rings. The highest BCUT2D eigenvalue weighted by Crippen LogP contribution is 2.10. The molecule has 0 amide bonds. The number of hydrogen-bond donors (Lipinski definition) is 2. The van der Waals surface area contributed by atoms with E-state index in [1.807, 2.05) is 18.2 Å². The molecule has 0 radical (unpaired) electrons. The summed E-state index contributed by atoms with van der Waals surface area (Å²) in [4.78, 5) is 7.05. The summed E-state index contributed by atoms with van der Waals surface area (Å²) in [5, 5.41) is 6.74. The van der Waals surface area contributed by atoms with Gasteiger partial charge in [0.2, 0.25) is 0 Å². The molecule has 8 heteroatoms. The molecule has 6 nitrogen and oxygen atoms in total. The number of benzene rings is 1. The standard InChI is InChI=1S/C22H31FN4O2.HI/c1-18-5-6-19(16-21(18)23)17-26-22(25-9-7-20-4-2-13-29-20)24-8-3-10-27-11-14-28-15-12-27;/h2,4-6,13,16H,3,7-12,14-15,17H2,1H3,(H2,24,25,26);1H. The van der Waals surface area contributed by atoms with Crippen molar-refractivity contribution in [2.24, 2.45) is 4.99 Å². The van der Waals surface area contributed by atoms with E-state index >= 15 is 0 Å². The summed E-state index contributed by atoms with van der Waals surface area (Å²) in [6, 6.07) is 9.11. The van der Waals surface area contributed by atoms with Gasteiger partial charge in [0.05, 0.1) is 26.0 Å². The van der Waals surface area contributed by atoms with Crippen LogP contribution in [-0.2, 0) is 17.7 Å². The normalized spacial score (nSPS) is 14.9. The summed E-state index contributed by atoms with van der Waals surface area (Å²) >= 11 is 0. The van der Waals surface area contributed by atoms with Crippen LogP contribution in [0.4, 0.5) is 4.39 Å². The van der Waals surface area contributed by atoms with Crippen molar-refractivity contribution in [3.8, 4) is 0 Å². The van der Waals surface area contributed by atoms with Crippen LogP contribution in [0.25, 0.3) is 0 Å². The molecule has 0 saturated carbocycles. The lowest BCUT2D eigenvalue weighted by atomic mass is 10.1. The molecule has 1 aliphatic rings. The molecule has 0 bridgehead atoms. The molecule has 2 aromatic rings. The predicted molar refractivity (Wildman–Crippen MR) is 128 cm³/mol. The average molecular weight is 530 g/mol. The van der Waals surface area contributed by atoms with Crippen molar-refractivity contribution >= 4 is 29.9 Å². The van der Waals surface area contributed by atoms with Gasteiger partial charge in [-0.1, -0.05) is 12.1 Å². The number of halogens is 2. The third kappa shape index (κ3) is 8.61. The molecular weight excluding hydrogens is 498 g/mol. The molecular formula is C22H32FIN4O2. The van der Waals surface area contributed by atoms with Crippen LogP contribution >= 0.6 is 24.0 Å².